The van der Waals surface area contributed by atoms with Gasteiger partial charge in [-0.15, -0.1) is 0 Å². The first-order chi connectivity index (χ1) is 9.19. The molecule has 0 radical (unpaired) electrons. The monoisotopic (exact) mass is 304 g/mol. The highest BCUT2D eigenvalue weighted by Gasteiger charge is 2.16. The number of carboxylic acid groups (broad SMARTS) is 1. The molecule has 1 aromatic heterocycles. The highest BCUT2D eigenvalue weighted by atomic mass is 32.2. The topological polar surface area (TPSA) is 140 Å². The molecule has 0 aliphatic rings. The van der Waals surface area contributed by atoms with Crippen LogP contribution in [-0.4, -0.2) is 43.5 Å². The van der Waals surface area contributed by atoms with Gasteiger partial charge in [-0.1, -0.05) is 0 Å². The summed E-state index contributed by atoms with van der Waals surface area (Å²) < 4.78 is 26.8. The Morgan fingerprint density at radius 3 is 2.60 bits per heavy atom. The van der Waals surface area contributed by atoms with E-state index < -0.39 is 27.8 Å². The van der Waals surface area contributed by atoms with Crippen LogP contribution < -0.4 is 11.1 Å². The van der Waals surface area contributed by atoms with Crippen LogP contribution in [0.3, 0.4) is 0 Å². The number of carbonyl (C=O) groups is 2. The van der Waals surface area contributed by atoms with E-state index in [4.69, 9.17) is 15.3 Å². The van der Waals surface area contributed by atoms with Gasteiger partial charge in [-0.2, -0.15) is 0 Å². The zero-order chi connectivity index (χ0) is 15.3. The largest absolute Gasteiger partial charge is 0.475 e. The maximum absolute atomic E-state index is 11.6. The summed E-state index contributed by atoms with van der Waals surface area (Å²) >= 11 is 0. The molecule has 1 aromatic rings. The van der Waals surface area contributed by atoms with Crippen LogP contribution in [0.25, 0.3) is 0 Å². The lowest BCUT2D eigenvalue weighted by molar-refractivity contribution is -0.122. The number of hydrogen-bond donors (Lipinski definition) is 3. The van der Waals surface area contributed by atoms with Crippen molar-refractivity contribution in [1.82, 2.24) is 5.32 Å². The SMILES string of the molecule is CS(=O)(=O)CCC(N)C(=O)NCc1ccc(C(=O)O)o1. The third-order valence-corrected chi connectivity index (χ3v) is 3.42. The van der Waals surface area contributed by atoms with Crippen LogP contribution in [0, 0.1) is 0 Å². The van der Waals surface area contributed by atoms with Crippen LogP contribution in [0.1, 0.15) is 22.7 Å². The van der Waals surface area contributed by atoms with Gasteiger partial charge in [-0.05, 0) is 18.6 Å². The summed E-state index contributed by atoms with van der Waals surface area (Å²) in [5.74, 6) is -1.86. The fourth-order valence-electron chi connectivity index (χ4n) is 1.37. The normalized spacial score (nSPS) is 12.9. The summed E-state index contributed by atoms with van der Waals surface area (Å²) in [5, 5.41) is 11.1. The van der Waals surface area contributed by atoms with E-state index >= 15 is 0 Å². The third-order valence-electron chi connectivity index (χ3n) is 2.45. The summed E-state index contributed by atoms with van der Waals surface area (Å²) in [6, 6.07) is 1.75. The molecule has 9 heteroatoms. The van der Waals surface area contributed by atoms with Gasteiger partial charge in [-0.3, -0.25) is 4.79 Å². The molecule has 1 amide bonds. The van der Waals surface area contributed by atoms with E-state index in [1.54, 1.807) is 0 Å². The van der Waals surface area contributed by atoms with Gasteiger partial charge in [0.15, 0.2) is 0 Å². The molecular formula is C11H16N2O6S. The van der Waals surface area contributed by atoms with Gasteiger partial charge in [0.1, 0.15) is 15.6 Å². The number of sulfone groups is 1. The number of furan rings is 1. The van der Waals surface area contributed by atoms with E-state index in [1.165, 1.54) is 12.1 Å². The van der Waals surface area contributed by atoms with Crippen LogP contribution in [0.15, 0.2) is 16.5 Å². The molecule has 0 aliphatic carbocycles. The second-order valence-electron chi connectivity index (χ2n) is 4.31. The first-order valence-electron chi connectivity index (χ1n) is 5.72. The number of rotatable bonds is 7. The van der Waals surface area contributed by atoms with Crippen molar-refractivity contribution in [3.05, 3.63) is 23.7 Å². The van der Waals surface area contributed by atoms with Gasteiger partial charge in [0.25, 0.3) is 0 Å². The zero-order valence-electron chi connectivity index (χ0n) is 10.8. The van der Waals surface area contributed by atoms with Crippen LogP contribution in [0.5, 0.6) is 0 Å². The Balaban J connectivity index is 2.44. The van der Waals surface area contributed by atoms with Crippen molar-refractivity contribution in [2.75, 3.05) is 12.0 Å². The predicted molar refractivity (Wildman–Crippen MR) is 69.8 cm³/mol. The molecule has 1 heterocycles. The van der Waals surface area contributed by atoms with Crippen molar-refractivity contribution in [3.63, 3.8) is 0 Å². The Bertz CT molecular complexity index is 592. The average molecular weight is 304 g/mol. The van der Waals surface area contributed by atoms with Crippen molar-refractivity contribution in [2.24, 2.45) is 5.73 Å². The minimum atomic E-state index is -3.17. The molecule has 0 saturated carbocycles. The van der Waals surface area contributed by atoms with Crippen molar-refractivity contribution in [1.29, 1.82) is 0 Å². The van der Waals surface area contributed by atoms with Gasteiger partial charge in [0.05, 0.1) is 18.3 Å². The molecule has 0 aliphatic heterocycles. The van der Waals surface area contributed by atoms with Gasteiger partial charge < -0.3 is 20.6 Å². The first-order valence-corrected chi connectivity index (χ1v) is 7.78. The Labute approximate surface area is 115 Å². The van der Waals surface area contributed by atoms with Crippen LogP contribution in [0.2, 0.25) is 0 Å². The third kappa shape index (κ3) is 5.41. The Morgan fingerprint density at radius 1 is 1.45 bits per heavy atom. The maximum atomic E-state index is 11.6. The highest BCUT2D eigenvalue weighted by molar-refractivity contribution is 7.90. The molecule has 20 heavy (non-hydrogen) atoms. The molecular weight excluding hydrogens is 288 g/mol. The van der Waals surface area contributed by atoms with E-state index in [1.807, 2.05) is 0 Å². The molecule has 0 aromatic carbocycles. The summed E-state index contributed by atoms with van der Waals surface area (Å²) in [6.45, 7) is -0.0152. The predicted octanol–water partition coefficient (Wildman–Crippen LogP) is -0.644. The van der Waals surface area contributed by atoms with Crippen molar-refractivity contribution >= 4 is 21.7 Å². The van der Waals surface area contributed by atoms with Crippen LogP contribution in [0.4, 0.5) is 0 Å². The smallest absolute Gasteiger partial charge is 0.371 e. The fraction of sp³-hybridized carbons (Fsp3) is 0.455. The van der Waals surface area contributed by atoms with E-state index in [0.29, 0.717) is 0 Å². The number of nitrogens with one attached hydrogen (secondary N) is 1. The van der Waals surface area contributed by atoms with Crippen LogP contribution in [-0.2, 0) is 21.2 Å². The number of amides is 1. The van der Waals surface area contributed by atoms with Crippen LogP contribution >= 0.6 is 0 Å². The van der Waals surface area contributed by atoms with Crippen molar-refractivity contribution in [3.8, 4) is 0 Å². The molecule has 1 rings (SSSR count). The van der Waals surface area contributed by atoms with Gasteiger partial charge >= 0.3 is 5.97 Å². The zero-order valence-corrected chi connectivity index (χ0v) is 11.6. The van der Waals surface area contributed by atoms with E-state index in [2.05, 4.69) is 5.32 Å². The standard InChI is InChI=1S/C11H16N2O6S/c1-20(17,18)5-4-8(12)10(14)13-6-7-2-3-9(19-7)11(15)16/h2-3,8H,4-6,12H2,1H3,(H,13,14)(H,15,16). The molecule has 0 bridgehead atoms. The quantitative estimate of drug-likeness (QED) is 0.608. The lowest BCUT2D eigenvalue weighted by atomic mass is 10.2. The van der Waals surface area contributed by atoms with E-state index in [0.717, 1.165) is 6.26 Å². The molecule has 8 nitrogen and oxygen atoms in total. The highest BCUT2D eigenvalue weighted by Crippen LogP contribution is 2.07. The lowest BCUT2D eigenvalue weighted by Gasteiger charge is -2.10. The Hall–Kier alpha value is -1.87. The number of carbonyl (C=O) groups excluding carboxylic acids is 1. The fourth-order valence-corrected chi connectivity index (χ4v) is 2.05. The molecule has 0 spiro atoms. The second-order valence-corrected chi connectivity index (χ2v) is 6.57. The van der Waals surface area contributed by atoms with Gasteiger partial charge in [0.2, 0.25) is 11.7 Å². The second kappa shape index (κ2) is 6.53. The lowest BCUT2D eigenvalue weighted by Crippen LogP contribution is -2.41. The number of aromatic carboxylic acids is 1. The molecule has 112 valence electrons. The number of carboxylic acids is 1. The summed E-state index contributed by atoms with van der Waals surface area (Å²) in [5.41, 5.74) is 5.54. The van der Waals surface area contributed by atoms with E-state index in [9.17, 15) is 18.0 Å². The number of nitrogens with two attached hydrogens (primary N) is 1. The molecule has 0 saturated heterocycles. The van der Waals surface area contributed by atoms with Crippen molar-refractivity contribution in [2.45, 2.75) is 19.0 Å². The average Bonchev–Trinajstić information content (AvgIpc) is 2.81. The molecule has 1 atom stereocenters. The number of hydrogen-bond acceptors (Lipinski definition) is 6. The van der Waals surface area contributed by atoms with E-state index in [-0.39, 0.29) is 30.2 Å². The Kier molecular flexibility index (Phi) is 5.28. The maximum Gasteiger partial charge on any atom is 0.371 e. The first kappa shape index (κ1) is 16.2. The van der Waals surface area contributed by atoms with Gasteiger partial charge in [0, 0.05) is 6.26 Å². The summed E-state index contributed by atoms with van der Waals surface area (Å²) in [4.78, 5) is 22.2. The minimum Gasteiger partial charge on any atom is -0.475 e. The molecule has 1 unspecified atom stereocenters. The Morgan fingerprint density at radius 2 is 2.10 bits per heavy atom. The van der Waals surface area contributed by atoms with Gasteiger partial charge in [-0.25, -0.2) is 13.2 Å². The summed E-state index contributed by atoms with van der Waals surface area (Å²) in [6.07, 6.45) is 1.08. The molecule has 0 fully saturated rings. The minimum absolute atomic E-state index is 0.0152. The summed E-state index contributed by atoms with van der Waals surface area (Å²) in [7, 11) is -3.17. The van der Waals surface area contributed by atoms with Crippen molar-refractivity contribution < 1.29 is 27.5 Å². The molecule has 4 N–H and O–H groups in total.